The molecule has 1 aromatic heterocycles. The number of hydrogen-bond acceptors (Lipinski definition) is 7. The monoisotopic (exact) mass is 475 g/mol. The minimum absolute atomic E-state index is 0.129. The highest BCUT2D eigenvalue weighted by atomic mass is 35.5. The van der Waals surface area contributed by atoms with Crippen molar-refractivity contribution in [2.75, 3.05) is 18.4 Å². The molecule has 0 radical (unpaired) electrons. The Balaban J connectivity index is 1.32. The van der Waals surface area contributed by atoms with Crippen LogP contribution in [0.4, 0.5) is 11.4 Å². The van der Waals surface area contributed by atoms with Crippen LogP contribution in [0, 0.1) is 16.0 Å². The molecule has 2 heterocycles. The van der Waals surface area contributed by atoms with Crippen molar-refractivity contribution in [3.8, 4) is 11.4 Å². The predicted octanol–water partition coefficient (Wildman–Crippen LogP) is 4.80. The summed E-state index contributed by atoms with van der Waals surface area (Å²) >= 11 is 12.3. The van der Waals surface area contributed by atoms with Crippen molar-refractivity contribution in [3.05, 3.63) is 68.5 Å². The van der Waals surface area contributed by atoms with Gasteiger partial charge >= 0.3 is 0 Å². The van der Waals surface area contributed by atoms with E-state index >= 15 is 0 Å². The van der Waals surface area contributed by atoms with Gasteiger partial charge in [0.15, 0.2) is 0 Å². The molecule has 1 amide bonds. The van der Waals surface area contributed by atoms with E-state index in [2.05, 4.69) is 20.4 Å². The third-order valence-electron chi connectivity index (χ3n) is 5.32. The first-order valence-electron chi connectivity index (χ1n) is 9.95. The third kappa shape index (κ3) is 5.07. The zero-order valence-electron chi connectivity index (χ0n) is 16.8. The number of benzene rings is 2. The summed E-state index contributed by atoms with van der Waals surface area (Å²) in [6.07, 6.45) is 1.26. The SMILES string of the molecule is O=C(Nc1cc([N+](=O)[O-])ccc1Cl)C1CCN(Cc2nc(-c3ccccc3Cl)no2)CC1. The summed E-state index contributed by atoms with van der Waals surface area (Å²) in [5.41, 5.74) is 0.820. The Bertz CT molecular complexity index is 1140. The molecule has 1 fully saturated rings. The fourth-order valence-corrected chi connectivity index (χ4v) is 3.96. The number of halogens is 2. The molecule has 1 N–H and O–H groups in total. The molecule has 0 unspecified atom stereocenters. The van der Waals surface area contributed by atoms with Crippen molar-refractivity contribution in [2.45, 2.75) is 19.4 Å². The number of anilines is 1. The van der Waals surface area contributed by atoms with Crippen LogP contribution in [0.15, 0.2) is 47.0 Å². The van der Waals surface area contributed by atoms with Gasteiger partial charge in [-0.15, -0.1) is 0 Å². The first kappa shape index (κ1) is 22.2. The number of amides is 1. The molecule has 9 nitrogen and oxygen atoms in total. The molecule has 0 saturated carbocycles. The lowest BCUT2D eigenvalue weighted by molar-refractivity contribution is -0.384. The number of nitro benzene ring substituents is 1. The highest BCUT2D eigenvalue weighted by Gasteiger charge is 2.27. The summed E-state index contributed by atoms with van der Waals surface area (Å²) in [5, 5.41) is 18.5. The lowest BCUT2D eigenvalue weighted by Gasteiger charge is -2.30. The summed E-state index contributed by atoms with van der Waals surface area (Å²) in [5.74, 6) is 0.494. The number of piperidine rings is 1. The fraction of sp³-hybridized carbons (Fsp3) is 0.286. The van der Waals surface area contributed by atoms with E-state index in [1.54, 1.807) is 6.07 Å². The molecule has 2 aromatic carbocycles. The normalized spacial score (nSPS) is 14.9. The van der Waals surface area contributed by atoms with Crippen molar-refractivity contribution in [2.24, 2.45) is 5.92 Å². The minimum Gasteiger partial charge on any atom is -0.338 e. The lowest BCUT2D eigenvalue weighted by Crippen LogP contribution is -2.37. The number of nitrogens with one attached hydrogen (secondary N) is 1. The van der Waals surface area contributed by atoms with Gasteiger partial charge in [-0.3, -0.25) is 19.8 Å². The quantitative estimate of drug-likeness (QED) is 0.401. The zero-order chi connectivity index (χ0) is 22.7. The molecule has 3 aromatic rings. The number of likely N-dealkylation sites (tertiary alicyclic amines) is 1. The van der Waals surface area contributed by atoms with Crippen LogP contribution in [0.2, 0.25) is 10.0 Å². The summed E-state index contributed by atoms with van der Waals surface area (Å²) in [4.78, 5) is 29.6. The lowest BCUT2D eigenvalue weighted by atomic mass is 9.96. The Morgan fingerprint density at radius 3 is 2.66 bits per heavy atom. The number of aromatic nitrogens is 2. The van der Waals surface area contributed by atoms with E-state index in [1.165, 1.54) is 18.2 Å². The van der Waals surface area contributed by atoms with Crippen molar-refractivity contribution >= 4 is 40.5 Å². The van der Waals surface area contributed by atoms with Crippen molar-refractivity contribution in [3.63, 3.8) is 0 Å². The average molecular weight is 476 g/mol. The van der Waals surface area contributed by atoms with Crippen LogP contribution in [0.5, 0.6) is 0 Å². The van der Waals surface area contributed by atoms with Gasteiger partial charge in [-0.05, 0) is 44.1 Å². The maximum atomic E-state index is 12.6. The molecule has 1 saturated heterocycles. The number of rotatable bonds is 6. The molecule has 0 spiro atoms. The first-order chi connectivity index (χ1) is 15.4. The number of non-ortho nitro benzene ring substituents is 1. The van der Waals surface area contributed by atoms with Crippen LogP contribution in [0.25, 0.3) is 11.4 Å². The van der Waals surface area contributed by atoms with Crippen molar-refractivity contribution < 1.29 is 14.2 Å². The highest BCUT2D eigenvalue weighted by Crippen LogP contribution is 2.29. The maximum Gasteiger partial charge on any atom is 0.271 e. The van der Waals surface area contributed by atoms with Gasteiger partial charge in [0.05, 0.1) is 27.2 Å². The van der Waals surface area contributed by atoms with E-state index in [1.807, 2.05) is 18.2 Å². The second-order valence-corrected chi connectivity index (χ2v) is 8.27. The topological polar surface area (TPSA) is 114 Å². The maximum absolute atomic E-state index is 12.6. The molecule has 4 rings (SSSR count). The van der Waals surface area contributed by atoms with E-state index in [4.69, 9.17) is 27.7 Å². The van der Waals surface area contributed by atoms with Crippen LogP contribution >= 0.6 is 23.2 Å². The van der Waals surface area contributed by atoms with Crippen LogP contribution in [0.1, 0.15) is 18.7 Å². The second kappa shape index (κ2) is 9.64. The van der Waals surface area contributed by atoms with Gasteiger partial charge in [0, 0.05) is 23.6 Å². The Morgan fingerprint density at radius 1 is 1.19 bits per heavy atom. The minimum atomic E-state index is -0.529. The molecule has 0 aliphatic carbocycles. The van der Waals surface area contributed by atoms with Crippen LogP contribution in [0.3, 0.4) is 0 Å². The smallest absolute Gasteiger partial charge is 0.271 e. The number of nitrogens with zero attached hydrogens (tertiary/aromatic N) is 4. The molecule has 166 valence electrons. The van der Waals surface area contributed by atoms with E-state index in [9.17, 15) is 14.9 Å². The van der Waals surface area contributed by atoms with Gasteiger partial charge in [0.1, 0.15) is 0 Å². The summed E-state index contributed by atoms with van der Waals surface area (Å²) in [6.45, 7) is 1.82. The van der Waals surface area contributed by atoms with Crippen LogP contribution in [-0.4, -0.2) is 39.0 Å². The van der Waals surface area contributed by atoms with E-state index in [0.29, 0.717) is 54.8 Å². The molecule has 11 heteroatoms. The number of nitro groups is 1. The third-order valence-corrected chi connectivity index (χ3v) is 5.98. The van der Waals surface area contributed by atoms with Gasteiger partial charge in [0.25, 0.3) is 5.69 Å². The first-order valence-corrected chi connectivity index (χ1v) is 10.7. The Kier molecular flexibility index (Phi) is 6.69. The Morgan fingerprint density at radius 2 is 1.94 bits per heavy atom. The molecule has 1 aliphatic heterocycles. The summed E-state index contributed by atoms with van der Waals surface area (Å²) in [6, 6.07) is 11.2. The Hall–Kier alpha value is -3.01. The largest absolute Gasteiger partial charge is 0.338 e. The molecule has 32 heavy (non-hydrogen) atoms. The molecular weight excluding hydrogens is 457 g/mol. The number of hydrogen-bond donors (Lipinski definition) is 1. The number of carbonyl (C=O) groups excluding carboxylic acids is 1. The van der Waals surface area contributed by atoms with Gasteiger partial charge in [-0.25, -0.2) is 0 Å². The van der Waals surface area contributed by atoms with E-state index in [0.717, 1.165) is 0 Å². The molecule has 1 aliphatic rings. The van der Waals surface area contributed by atoms with Gasteiger partial charge in [0.2, 0.25) is 17.6 Å². The molecule has 0 bridgehead atoms. The number of carbonyl (C=O) groups is 1. The summed E-state index contributed by atoms with van der Waals surface area (Å²) < 4.78 is 5.36. The molecular formula is C21H19Cl2N5O4. The second-order valence-electron chi connectivity index (χ2n) is 7.45. The van der Waals surface area contributed by atoms with Crippen molar-refractivity contribution in [1.29, 1.82) is 0 Å². The Labute approximate surface area is 193 Å². The van der Waals surface area contributed by atoms with E-state index in [-0.39, 0.29) is 28.2 Å². The standard InChI is InChI=1S/C21H19Cl2N5O4/c22-16-4-2-1-3-15(16)20-25-19(32-26-20)12-27-9-7-13(8-10-27)21(29)24-18-11-14(28(30)31)5-6-17(18)23/h1-6,11,13H,7-10,12H2,(H,24,29). The van der Waals surface area contributed by atoms with Gasteiger partial charge in [-0.1, -0.05) is 40.5 Å². The van der Waals surface area contributed by atoms with Crippen LogP contribution in [-0.2, 0) is 11.3 Å². The summed E-state index contributed by atoms with van der Waals surface area (Å²) in [7, 11) is 0. The predicted molar refractivity (Wildman–Crippen MR) is 119 cm³/mol. The van der Waals surface area contributed by atoms with Gasteiger partial charge < -0.3 is 9.84 Å². The van der Waals surface area contributed by atoms with Crippen molar-refractivity contribution in [1.82, 2.24) is 15.0 Å². The van der Waals surface area contributed by atoms with Gasteiger partial charge in [-0.2, -0.15) is 4.98 Å². The zero-order valence-corrected chi connectivity index (χ0v) is 18.3. The van der Waals surface area contributed by atoms with E-state index < -0.39 is 4.92 Å². The fourth-order valence-electron chi connectivity index (χ4n) is 3.57. The van der Waals surface area contributed by atoms with Crippen LogP contribution < -0.4 is 5.32 Å². The highest BCUT2D eigenvalue weighted by molar-refractivity contribution is 6.34. The molecule has 0 atom stereocenters. The average Bonchev–Trinajstić information content (AvgIpc) is 3.24.